The minimum atomic E-state index is 0.967. The minimum Gasteiger partial charge on any atom is -0.455 e. The lowest BCUT2D eigenvalue weighted by atomic mass is 10.2. The van der Waals surface area contributed by atoms with E-state index in [0.29, 0.717) is 0 Å². The Hall–Kier alpha value is -1.32. The largest absolute Gasteiger partial charge is 0.455 e. The van der Waals surface area contributed by atoms with Gasteiger partial charge in [-0.05, 0) is 26.0 Å². The van der Waals surface area contributed by atoms with Crippen LogP contribution in [0.2, 0.25) is 0 Å². The maximum atomic E-state index is 6.00. The predicted molar refractivity (Wildman–Crippen MR) is 89.0 cm³/mol. The first-order chi connectivity index (χ1) is 9.87. The molecule has 1 heterocycles. The van der Waals surface area contributed by atoms with Crippen LogP contribution in [0.1, 0.15) is 19.6 Å². The van der Waals surface area contributed by atoms with Crippen LogP contribution < -0.4 is 0 Å². The Kier molecular flexibility index (Phi) is 4.74. The molecule has 0 fully saturated rings. The normalized spacial score (nSPS) is 15.3. The van der Waals surface area contributed by atoms with Crippen molar-refractivity contribution in [2.45, 2.75) is 20.4 Å². The van der Waals surface area contributed by atoms with Crippen molar-refractivity contribution in [1.82, 2.24) is 0 Å². The predicted octanol–water partition coefficient (Wildman–Crippen LogP) is 3.50. The van der Waals surface area contributed by atoms with E-state index in [2.05, 4.69) is 53.2 Å². The molecule has 0 aliphatic rings. The summed E-state index contributed by atoms with van der Waals surface area (Å²) in [5.41, 5.74) is 1.000. The molecule has 3 heteroatoms. The molecule has 0 amide bonds. The van der Waals surface area contributed by atoms with Crippen LogP contribution in [-0.4, -0.2) is 56.3 Å². The highest BCUT2D eigenvalue weighted by Gasteiger charge is 2.26. The summed E-state index contributed by atoms with van der Waals surface area (Å²) in [7, 11) is 6.95. The van der Waals surface area contributed by atoms with Crippen LogP contribution in [0.25, 0.3) is 11.0 Å². The number of hydrogen-bond donors (Lipinski definition) is 0. The Balaban J connectivity index is 2.09. The standard InChI is InChI=1S/C18H30N2O/c1-6-19(3,4)12-13-20(5,7-2)15-17-14-16-10-8-9-11-18(16)21-17/h8-11,14H,6-7,12-13,15H2,1-5H3/q+2/t20-/m0/s1. The van der Waals surface area contributed by atoms with Gasteiger partial charge < -0.3 is 13.4 Å². The van der Waals surface area contributed by atoms with E-state index in [0.717, 1.165) is 33.4 Å². The number of benzene rings is 1. The van der Waals surface area contributed by atoms with Gasteiger partial charge in [0.1, 0.15) is 25.2 Å². The summed E-state index contributed by atoms with van der Waals surface area (Å²) in [6.45, 7) is 10.2. The summed E-state index contributed by atoms with van der Waals surface area (Å²) < 4.78 is 8.11. The van der Waals surface area contributed by atoms with Crippen molar-refractivity contribution in [3.63, 3.8) is 0 Å². The second-order valence-corrected chi connectivity index (χ2v) is 7.04. The number of furan rings is 1. The Labute approximate surface area is 128 Å². The van der Waals surface area contributed by atoms with Crippen molar-refractivity contribution < 1.29 is 13.4 Å². The molecule has 21 heavy (non-hydrogen) atoms. The number of hydrogen-bond acceptors (Lipinski definition) is 1. The zero-order chi connectivity index (χ0) is 15.5. The molecule has 0 aliphatic heterocycles. The van der Waals surface area contributed by atoms with E-state index in [9.17, 15) is 0 Å². The first-order valence-corrected chi connectivity index (χ1v) is 8.00. The van der Waals surface area contributed by atoms with Gasteiger partial charge in [0, 0.05) is 5.39 Å². The van der Waals surface area contributed by atoms with Crippen molar-refractivity contribution >= 4 is 11.0 Å². The van der Waals surface area contributed by atoms with Crippen LogP contribution in [0, 0.1) is 0 Å². The van der Waals surface area contributed by atoms with Gasteiger partial charge in [0.05, 0.1) is 34.2 Å². The SMILES string of the molecule is CC[N+](C)(C)CC[N@+](C)(CC)Cc1cc2ccccc2o1. The molecule has 0 saturated heterocycles. The maximum Gasteiger partial charge on any atom is 0.159 e. The topological polar surface area (TPSA) is 13.1 Å². The molecule has 3 nitrogen and oxygen atoms in total. The van der Waals surface area contributed by atoms with Gasteiger partial charge in [0.15, 0.2) is 5.76 Å². The smallest absolute Gasteiger partial charge is 0.159 e. The lowest BCUT2D eigenvalue weighted by Crippen LogP contribution is -2.52. The van der Waals surface area contributed by atoms with Gasteiger partial charge in [-0.15, -0.1) is 0 Å². The number of rotatable bonds is 7. The highest BCUT2D eigenvalue weighted by atomic mass is 16.3. The maximum absolute atomic E-state index is 6.00. The molecule has 0 saturated carbocycles. The molecule has 0 aliphatic carbocycles. The molecule has 2 rings (SSSR count). The number of likely N-dealkylation sites (N-methyl/N-ethyl adjacent to an activating group) is 2. The summed E-state index contributed by atoms with van der Waals surface area (Å²) in [5.74, 6) is 1.10. The fourth-order valence-corrected chi connectivity index (χ4v) is 2.51. The van der Waals surface area contributed by atoms with Gasteiger partial charge in [-0.2, -0.15) is 0 Å². The van der Waals surface area contributed by atoms with Crippen LogP contribution >= 0.6 is 0 Å². The molecular formula is C18H30N2O+2. The Bertz CT molecular complexity index is 555. The van der Waals surface area contributed by atoms with E-state index < -0.39 is 0 Å². The summed E-state index contributed by atoms with van der Waals surface area (Å²) in [4.78, 5) is 0. The van der Waals surface area contributed by atoms with E-state index in [1.807, 2.05) is 12.1 Å². The van der Waals surface area contributed by atoms with Gasteiger partial charge in [0.25, 0.3) is 0 Å². The zero-order valence-corrected chi connectivity index (χ0v) is 14.2. The summed E-state index contributed by atoms with van der Waals surface area (Å²) in [6, 6.07) is 10.5. The van der Waals surface area contributed by atoms with Crippen molar-refractivity contribution in [2.24, 2.45) is 0 Å². The first-order valence-electron chi connectivity index (χ1n) is 8.00. The molecule has 0 bridgehead atoms. The minimum absolute atomic E-state index is 0.967. The fourth-order valence-electron chi connectivity index (χ4n) is 2.51. The highest BCUT2D eigenvalue weighted by Crippen LogP contribution is 2.22. The van der Waals surface area contributed by atoms with Crippen LogP contribution in [0.5, 0.6) is 0 Å². The first kappa shape index (κ1) is 16.1. The Morgan fingerprint density at radius 1 is 0.952 bits per heavy atom. The molecule has 0 N–H and O–H groups in total. The summed E-state index contributed by atoms with van der Waals surface area (Å²) >= 11 is 0. The molecule has 116 valence electrons. The third-order valence-corrected chi connectivity index (χ3v) is 4.88. The lowest BCUT2D eigenvalue weighted by Gasteiger charge is -2.36. The number of fused-ring (bicyclic) bond motifs is 1. The monoisotopic (exact) mass is 290 g/mol. The second-order valence-electron chi connectivity index (χ2n) is 7.04. The molecular weight excluding hydrogens is 260 g/mol. The lowest BCUT2D eigenvalue weighted by molar-refractivity contribution is -0.962. The third kappa shape index (κ3) is 4.08. The van der Waals surface area contributed by atoms with Crippen LogP contribution in [-0.2, 0) is 6.54 Å². The van der Waals surface area contributed by atoms with E-state index in [1.165, 1.54) is 25.0 Å². The van der Waals surface area contributed by atoms with Crippen LogP contribution in [0.3, 0.4) is 0 Å². The molecule has 0 unspecified atom stereocenters. The fraction of sp³-hybridized carbons (Fsp3) is 0.556. The average Bonchev–Trinajstić information content (AvgIpc) is 2.87. The van der Waals surface area contributed by atoms with Crippen LogP contribution in [0.15, 0.2) is 34.7 Å². The number of quaternary nitrogens is 2. The molecule has 0 radical (unpaired) electrons. The molecule has 2 aromatic rings. The summed E-state index contributed by atoms with van der Waals surface area (Å²) in [5, 5.41) is 1.21. The van der Waals surface area contributed by atoms with Gasteiger partial charge in [-0.25, -0.2) is 0 Å². The van der Waals surface area contributed by atoms with Crippen molar-refractivity contribution in [1.29, 1.82) is 0 Å². The highest BCUT2D eigenvalue weighted by molar-refractivity contribution is 5.77. The Morgan fingerprint density at radius 2 is 1.67 bits per heavy atom. The second kappa shape index (κ2) is 6.20. The van der Waals surface area contributed by atoms with E-state index in [1.54, 1.807) is 0 Å². The van der Waals surface area contributed by atoms with Gasteiger partial charge >= 0.3 is 0 Å². The molecule has 1 aromatic carbocycles. The van der Waals surface area contributed by atoms with E-state index >= 15 is 0 Å². The van der Waals surface area contributed by atoms with Crippen molar-refractivity contribution in [3.05, 3.63) is 36.1 Å². The van der Waals surface area contributed by atoms with Crippen molar-refractivity contribution in [2.75, 3.05) is 47.3 Å². The van der Waals surface area contributed by atoms with Gasteiger partial charge in [-0.1, -0.05) is 18.2 Å². The number of nitrogens with zero attached hydrogens (tertiary/aromatic N) is 2. The quantitative estimate of drug-likeness (QED) is 0.711. The van der Waals surface area contributed by atoms with Gasteiger partial charge in [0.2, 0.25) is 0 Å². The zero-order valence-electron chi connectivity index (χ0n) is 14.2. The molecule has 1 aromatic heterocycles. The third-order valence-electron chi connectivity index (χ3n) is 4.88. The average molecular weight is 290 g/mol. The van der Waals surface area contributed by atoms with Crippen LogP contribution in [0.4, 0.5) is 0 Å². The Morgan fingerprint density at radius 3 is 2.29 bits per heavy atom. The number of para-hydroxylation sites is 1. The van der Waals surface area contributed by atoms with Gasteiger partial charge in [-0.3, -0.25) is 0 Å². The molecule has 1 atom stereocenters. The summed E-state index contributed by atoms with van der Waals surface area (Å²) in [6.07, 6.45) is 0. The van der Waals surface area contributed by atoms with Crippen molar-refractivity contribution in [3.8, 4) is 0 Å². The molecule has 0 spiro atoms. The van der Waals surface area contributed by atoms with E-state index in [4.69, 9.17) is 4.42 Å². The van der Waals surface area contributed by atoms with E-state index in [-0.39, 0.29) is 0 Å².